The van der Waals surface area contributed by atoms with Gasteiger partial charge in [0, 0.05) is 29.3 Å². The molecule has 5 nitrogen and oxygen atoms in total. The standard InChI is InChI=1S/C28H30F3NO4S/c1-4-5-6-7-12-23-26(37-27(32-23)21-10-8-9-11-22(21)28(29,30)31)16-14-24(34)20-13-15-25(18(2)17-20)36-35-19(3)33/h8-11,13,15,17H,4-7,12,14,16H2,1-3H3. The first kappa shape index (κ1) is 28.4. The molecule has 9 heteroatoms. The van der Waals surface area contributed by atoms with E-state index in [4.69, 9.17) is 4.89 Å². The second kappa shape index (κ2) is 12.9. The Kier molecular flexibility index (Phi) is 9.86. The number of aryl methyl sites for hydroxylation is 3. The Morgan fingerprint density at radius 3 is 2.46 bits per heavy atom. The predicted molar refractivity (Wildman–Crippen MR) is 137 cm³/mol. The van der Waals surface area contributed by atoms with Crippen molar-refractivity contribution in [3.05, 3.63) is 69.7 Å². The number of ketones is 1. The van der Waals surface area contributed by atoms with Crippen molar-refractivity contribution >= 4 is 23.1 Å². The number of aromatic nitrogens is 1. The molecule has 37 heavy (non-hydrogen) atoms. The lowest BCUT2D eigenvalue weighted by Crippen LogP contribution is -2.06. The van der Waals surface area contributed by atoms with Gasteiger partial charge < -0.3 is 0 Å². The zero-order valence-electron chi connectivity index (χ0n) is 21.1. The minimum absolute atomic E-state index is 0.0615. The molecule has 1 heterocycles. The van der Waals surface area contributed by atoms with Crippen molar-refractivity contribution < 1.29 is 32.5 Å². The molecule has 0 N–H and O–H groups in total. The molecule has 0 aliphatic carbocycles. The fourth-order valence-corrected chi connectivity index (χ4v) is 5.06. The SMILES string of the molecule is CCCCCCc1nc(-c2ccccc2C(F)(F)F)sc1CCC(=O)c1ccc(OOC(C)=O)c(C)c1. The summed E-state index contributed by atoms with van der Waals surface area (Å²) >= 11 is 1.23. The van der Waals surface area contributed by atoms with Crippen LogP contribution in [0.3, 0.4) is 0 Å². The number of Topliss-reactive ketones (excluding diaryl/α,β-unsaturated/α-hetero) is 1. The van der Waals surface area contributed by atoms with E-state index in [0.29, 0.717) is 34.7 Å². The largest absolute Gasteiger partial charge is 0.417 e. The number of benzene rings is 2. The molecular formula is C28H30F3NO4S. The average molecular weight is 534 g/mol. The van der Waals surface area contributed by atoms with Gasteiger partial charge in [0.25, 0.3) is 0 Å². The highest BCUT2D eigenvalue weighted by Gasteiger charge is 2.34. The number of thiazole rings is 1. The Morgan fingerprint density at radius 2 is 1.78 bits per heavy atom. The predicted octanol–water partition coefficient (Wildman–Crippen LogP) is 7.93. The van der Waals surface area contributed by atoms with Crippen LogP contribution in [0.1, 0.15) is 78.0 Å². The quantitative estimate of drug-likeness (QED) is 0.102. The Bertz CT molecular complexity index is 1240. The number of carbonyl (C=O) groups excluding carboxylic acids is 2. The lowest BCUT2D eigenvalue weighted by Gasteiger charge is -2.10. The third kappa shape index (κ3) is 7.89. The molecule has 0 amide bonds. The summed E-state index contributed by atoms with van der Waals surface area (Å²) in [6.07, 6.45) is 0.819. The third-order valence-corrected chi connectivity index (χ3v) is 7.02. The van der Waals surface area contributed by atoms with E-state index in [0.717, 1.165) is 42.3 Å². The molecule has 198 valence electrons. The molecule has 0 saturated carbocycles. The molecule has 0 bridgehead atoms. The van der Waals surface area contributed by atoms with Crippen molar-refractivity contribution in [2.45, 2.75) is 71.9 Å². The van der Waals surface area contributed by atoms with Gasteiger partial charge in [0.15, 0.2) is 11.5 Å². The van der Waals surface area contributed by atoms with Crippen molar-refractivity contribution in [1.82, 2.24) is 4.98 Å². The van der Waals surface area contributed by atoms with Crippen LogP contribution in [-0.2, 0) is 28.7 Å². The number of hydrogen-bond acceptors (Lipinski definition) is 6. The zero-order valence-corrected chi connectivity index (χ0v) is 21.9. The summed E-state index contributed by atoms with van der Waals surface area (Å²) in [4.78, 5) is 38.8. The molecule has 0 unspecified atom stereocenters. The van der Waals surface area contributed by atoms with Gasteiger partial charge in [0.2, 0.25) is 0 Å². The summed E-state index contributed by atoms with van der Waals surface area (Å²) in [5.41, 5.74) is 1.22. The maximum absolute atomic E-state index is 13.6. The van der Waals surface area contributed by atoms with Gasteiger partial charge >= 0.3 is 12.1 Å². The second-order valence-corrected chi connectivity index (χ2v) is 9.89. The number of nitrogens with zero attached hydrogens (tertiary/aromatic N) is 1. The Balaban J connectivity index is 1.80. The van der Waals surface area contributed by atoms with E-state index >= 15 is 0 Å². The maximum atomic E-state index is 13.6. The van der Waals surface area contributed by atoms with Gasteiger partial charge in [-0.25, -0.2) is 9.78 Å². The van der Waals surface area contributed by atoms with E-state index in [9.17, 15) is 22.8 Å². The van der Waals surface area contributed by atoms with E-state index in [1.54, 1.807) is 31.2 Å². The minimum Gasteiger partial charge on any atom is -0.294 e. The molecular weight excluding hydrogens is 503 g/mol. The number of carbonyl (C=O) groups is 2. The number of hydrogen-bond donors (Lipinski definition) is 0. The van der Waals surface area contributed by atoms with Crippen LogP contribution in [0, 0.1) is 6.92 Å². The van der Waals surface area contributed by atoms with Crippen LogP contribution in [0.5, 0.6) is 5.75 Å². The summed E-state index contributed by atoms with van der Waals surface area (Å²) in [5.74, 6) is -0.368. The maximum Gasteiger partial charge on any atom is 0.417 e. The molecule has 1 aromatic heterocycles. The van der Waals surface area contributed by atoms with E-state index in [-0.39, 0.29) is 17.8 Å². The summed E-state index contributed by atoms with van der Waals surface area (Å²) in [6, 6.07) is 10.3. The fraction of sp³-hybridized carbons (Fsp3) is 0.393. The van der Waals surface area contributed by atoms with E-state index < -0.39 is 17.7 Å². The third-order valence-electron chi connectivity index (χ3n) is 5.83. The minimum atomic E-state index is -4.48. The van der Waals surface area contributed by atoms with Crippen LogP contribution in [0.15, 0.2) is 42.5 Å². The van der Waals surface area contributed by atoms with Crippen LogP contribution in [0.2, 0.25) is 0 Å². The number of rotatable bonds is 12. The van der Waals surface area contributed by atoms with E-state index in [2.05, 4.69) is 16.8 Å². The first-order chi connectivity index (χ1) is 17.6. The first-order valence-corrected chi connectivity index (χ1v) is 13.1. The van der Waals surface area contributed by atoms with Gasteiger partial charge in [-0.15, -0.1) is 11.3 Å². The van der Waals surface area contributed by atoms with Gasteiger partial charge in [-0.05, 0) is 56.0 Å². The van der Waals surface area contributed by atoms with Crippen molar-refractivity contribution in [3.63, 3.8) is 0 Å². The van der Waals surface area contributed by atoms with E-state index in [1.807, 2.05) is 0 Å². The van der Waals surface area contributed by atoms with Crippen LogP contribution < -0.4 is 4.89 Å². The highest BCUT2D eigenvalue weighted by molar-refractivity contribution is 7.15. The molecule has 0 radical (unpaired) electrons. The molecule has 0 fully saturated rings. The lowest BCUT2D eigenvalue weighted by molar-refractivity contribution is -0.211. The van der Waals surface area contributed by atoms with Gasteiger partial charge in [0.05, 0.1) is 11.3 Å². The molecule has 0 spiro atoms. The summed E-state index contributed by atoms with van der Waals surface area (Å²) in [5, 5.41) is 0.323. The molecule has 3 rings (SSSR count). The van der Waals surface area contributed by atoms with Crippen LogP contribution in [0.25, 0.3) is 10.6 Å². The Labute approximate surface area is 218 Å². The topological polar surface area (TPSA) is 65.5 Å². The summed E-state index contributed by atoms with van der Waals surface area (Å²) < 4.78 is 40.9. The van der Waals surface area contributed by atoms with Crippen molar-refractivity contribution in [2.75, 3.05) is 0 Å². The normalized spacial score (nSPS) is 11.4. The molecule has 0 aliphatic rings. The number of unbranched alkanes of at least 4 members (excludes halogenated alkanes) is 3. The van der Waals surface area contributed by atoms with Gasteiger partial charge in [-0.1, -0.05) is 44.4 Å². The molecule has 3 aromatic rings. The smallest absolute Gasteiger partial charge is 0.294 e. The summed E-state index contributed by atoms with van der Waals surface area (Å²) in [6.45, 7) is 5.07. The highest BCUT2D eigenvalue weighted by Crippen LogP contribution is 2.39. The van der Waals surface area contributed by atoms with Gasteiger partial charge in [-0.3, -0.25) is 14.6 Å². The van der Waals surface area contributed by atoms with E-state index in [1.165, 1.54) is 30.4 Å². The summed E-state index contributed by atoms with van der Waals surface area (Å²) in [7, 11) is 0. The average Bonchev–Trinajstić information content (AvgIpc) is 3.26. The van der Waals surface area contributed by atoms with Crippen LogP contribution in [0.4, 0.5) is 13.2 Å². The molecule has 2 aromatic carbocycles. The van der Waals surface area contributed by atoms with Gasteiger partial charge in [0.1, 0.15) is 5.01 Å². The Hall–Kier alpha value is -3.20. The Morgan fingerprint density at radius 1 is 1.03 bits per heavy atom. The van der Waals surface area contributed by atoms with Crippen LogP contribution in [-0.4, -0.2) is 16.7 Å². The van der Waals surface area contributed by atoms with Crippen LogP contribution >= 0.6 is 11.3 Å². The number of alkyl halides is 3. The molecule has 0 aliphatic heterocycles. The highest BCUT2D eigenvalue weighted by atomic mass is 32.1. The zero-order chi connectivity index (χ0) is 27.0. The molecule has 0 atom stereocenters. The van der Waals surface area contributed by atoms with Gasteiger partial charge in [-0.2, -0.15) is 13.2 Å². The lowest BCUT2D eigenvalue weighted by atomic mass is 10.0. The fourth-order valence-electron chi connectivity index (χ4n) is 3.92. The monoisotopic (exact) mass is 533 g/mol. The van der Waals surface area contributed by atoms with Crippen molar-refractivity contribution in [2.24, 2.45) is 0 Å². The first-order valence-electron chi connectivity index (χ1n) is 12.2. The second-order valence-electron chi connectivity index (χ2n) is 8.80. The van der Waals surface area contributed by atoms with Crippen molar-refractivity contribution in [3.8, 4) is 16.3 Å². The number of halogens is 3. The molecule has 0 saturated heterocycles. The van der Waals surface area contributed by atoms with Crippen molar-refractivity contribution in [1.29, 1.82) is 0 Å².